The van der Waals surface area contributed by atoms with E-state index in [0.29, 0.717) is 43.0 Å². The fourth-order valence-corrected chi connectivity index (χ4v) is 3.01. The summed E-state index contributed by atoms with van der Waals surface area (Å²) in [5.74, 6) is -2.86. The van der Waals surface area contributed by atoms with Crippen molar-refractivity contribution in [2.24, 2.45) is 5.73 Å². The number of hydrogen-bond donors (Lipinski definition) is 4. The number of aromatic nitrogens is 1. The average Bonchev–Trinajstić information content (AvgIpc) is 3.18. The maximum Gasteiger partial charge on any atom is 0.490 e. The van der Waals surface area contributed by atoms with Crippen LogP contribution in [0, 0.1) is 6.92 Å². The van der Waals surface area contributed by atoms with E-state index >= 15 is 0 Å². The quantitative estimate of drug-likeness (QED) is 0.536. The fourth-order valence-electron chi connectivity index (χ4n) is 3.01. The van der Waals surface area contributed by atoms with Gasteiger partial charge in [-0.15, -0.1) is 0 Å². The maximum absolute atomic E-state index is 12.5. The second-order valence-electron chi connectivity index (χ2n) is 7.24. The Balaban J connectivity index is 0.000000479. The molecular weight excluding hydrogens is 445 g/mol. The van der Waals surface area contributed by atoms with Crippen molar-refractivity contribution in [3.63, 3.8) is 0 Å². The van der Waals surface area contributed by atoms with Crippen LogP contribution in [0.25, 0.3) is 0 Å². The van der Waals surface area contributed by atoms with Crippen LogP contribution in [0.4, 0.5) is 19.0 Å². The standard InChI is InChI=1S/C19H22N4O3.C2HF3O2/c1-12-7-13(10-20)8-17(21-12)22-18(25)14-3-2-4-15(9-14)19(26)23-6-5-16(24)11-23;3-2(4,5)1(6)7/h2-4,7-9,16,24H,5-6,10-11,20H2,1H3,(H,21,22,25);(H,6,7)/t16-;/m0./s1. The monoisotopic (exact) mass is 468 g/mol. The lowest BCUT2D eigenvalue weighted by atomic mass is 10.1. The minimum absolute atomic E-state index is 0.185. The normalized spacial score (nSPS) is 15.5. The molecule has 33 heavy (non-hydrogen) atoms. The first-order chi connectivity index (χ1) is 15.4. The summed E-state index contributed by atoms with van der Waals surface area (Å²) in [7, 11) is 0. The number of carbonyl (C=O) groups is 3. The van der Waals surface area contributed by atoms with E-state index in [1.807, 2.05) is 13.0 Å². The molecule has 0 saturated carbocycles. The highest BCUT2D eigenvalue weighted by Gasteiger charge is 2.38. The highest BCUT2D eigenvalue weighted by molar-refractivity contribution is 6.05. The number of amides is 2. The van der Waals surface area contributed by atoms with Gasteiger partial charge < -0.3 is 26.2 Å². The molecule has 1 aliphatic heterocycles. The predicted octanol–water partition coefficient (Wildman–Crippen LogP) is 1.94. The highest BCUT2D eigenvalue weighted by atomic mass is 19.4. The molecule has 0 bridgehead atoms. The number of halogens is 3. The van der Waals surface area contributed by atoms with Crippen molar-refractivity contribution in [2.45, 2.75) is 32.2 Å². The molecule has 0 unspecified atom stereocenters. The number of likely N-dealkylation sites (tertiary alicyclic amines) is 1. The molecule has 1 aliphatic rings. The largest absolute Gasteiger partial charge is 0.490 e. The van der Waals surface area contributed by atoms with Crippen molar-refractivity contribution in [2.75, 3.05) is 18.4 Å². The van der Waals surface area contributed by atoms with E-state index in [0.717, 1.165) is 11.3 Å². The van der Waals surface area contributed by atoms with Gasteiger partial charge in [-0.05, 0) is 49.2 Å². The number of anilines is 1. The average molecular weight is 468 g/mol. The number of rotatable bonds is 4. The topological polar surface area (TPSA) is 146 Å². The van der Waals surface area contributed by atoms with Gasteiger partial charge in [-0.2, -0.15) is 13.2 Å². The van der Waals surface area contributed by atoms with Crippen molar-refractivity contribution < 1.29 is 37.8 Å². The van der Waals surface area contributed by atoms with Gasteiger partial charge >= 0.3 is 12.1 Å². The van der Waals surface area contributed by atoms with Gasteiger partial charge in [-0.1, -0.05) is 6.07 Å². The molecule has 5 N–H and O–H groups in total. The first-order valence-electron chi connectivity index (χ1n) is 9.77. The molecule has 2 heterocycles. The third-order valence-electron chi connectivity index (χ3n) is 4.56. The molecule has 0 aliphatic carbocycles. The van der Waals surface area contributed by atoms with Gasteiger partial charge in [0.05, 0.1) is 6.10 Å². The summed E-state index contributed by atoms with van der Waals surface area (Å²) in [5, 5.41) is 19.5. The van der Waals surface area contributed by atoms with Gasteiger partial charge in [0.2, 0.25) is 0 Å². The number of carbonyl (C=O) groups excluding carboxylic acids is 2. The number of aliphatic hydroxyl groups excluding tert-OH is 1. The van der Waals surface area contributed by atoms with Crippen LogP contribution in [-0.2, 0) is 11.3 Å². The van der Waals surface area contributed by atoms with E-state index in [1.54, 1.807) is 35.2 Å². The van der Waals surface area contributed by atoms with Crippen molar-refractivity contribution in [3.8, 4) is 0 Å². The van der Waals surface area contributed by atoms with Crippen molar-refractivity contribution in [1.29, 1.82) is 0 Å². The van der Waals surface area contributed by atoms with E-state index in [-0.39, 0.29) is 11.8 Å². The number of aryl methyl sites for hydroxylation is 1. The number of aliphatic carboxylic acids is 1. The smallest absolute Gasteiger partial charge is 0.475 e. The summed E-state index contributed by atoms with van der Waals surface area (Å²) >= 11 is 0. The Morgan fingerprint density at radius 1 is 1.21 bits per heavy atom. The van der Waals surface area contributed by atoms with Crippen LogP contribution in [0.1, 0.15) is 38.4 Å². The summed E-state index contributed by atoms with van der Waals surface area (Å²) in [5.41, 5.74) is 8.09. The minimum atomic E-state index is -5.08. The van der Waals surface area contributed by atoms with Crippen LogP contribution in [0.5, 0.6) is 0 Å². The third kappa shape index (κ3) is 7.54. The van der Waals surface area contributed by atoms with Gasteiger partial charge in [0.25, 0.3) is 11.8 Å². The van der Waals surface area contributed by atoms with Crippen LogP contribution < -0.4 is 11.1 Å². The molecule has 1 aromatic heterocycles. The number of carboxylic acids is 1. The molecule has 0 spiro atoms. The van der Waals surface area contributed by atoms with Crippen LogP contribution in [-0.4, -0.2) is 63.3 Å². The molecular formula is C21H23F3N4O5. The predicted molar refractivity (Wildman–Crippen MR) is 111 cm³/mol. The molecule has 2 amide bonds. The van der Waals surface area contributed by atoms with E-state index < -0.39 is 18.2 Å². The van der Waals surface area contributed by atoms with Gasteiger partial charge in [0, 0.05) is 36.5 Å². The number of nitrogens with zero attached hydrogens (tertiary/aromatic N) is 2. The lowest BCUT2D eigenvalue weighted by Crippen LogP contribution is -2.29. The van der Waals surface area contributed by atoms with Crippen LogP contribution in [0.3, 0.4) is 0 Å². The number of carboxylic acid groups (broad SMARTS) is 1. The third-order valence-corrected chi connectivity index (χ3v) is 4.56. The van der Waals surface area contributed by atoms with Gasteiger partial charge in [0.1, 0.15) is 5.82 Å². The number of pyridine rings is 1. The molecule has 1 saturated heterocycles. The molecule has 1 aromatic carbocycles. The summed E-state index contributed by atoms with van der Waals surface area (Å²) in [4.78, 5) is 39.8. The summed E-state index contributed by atoms with van der Waals surface area (Å²) in [6.45, 7) is 3.03. The minimum Gasteiger partial charge on any atom is -0.475 e. The van der Waals surface area contributed by atoms with Crippen molar-refractivity contribution >= 4 is 23.6 Å². The zero-order chi connectivity index (χ0) is 24.8. The molecule has 3 rings (SSSR count). The molecule has 9 nitrogen and oxygen atoms in total. The van der Waals surface area contributed by atoms with Crippen LogP contribution in [0.2, 0.25) is 0 Å². The number of β-amino-alcohol motifs (C(OH)–C–C–N with tert-alkyl or cyclic N) is 1. The Kier molecular flexibility index (Phi) is 8.49. The van der Waals surface area contributed by atoms with E-state index in [2.05, 4.69) is 10.3 Å². The molecule has 1 fully saturated rings. The van der Waals surface area contributed by atoms with Gasteiger partial charge in [0.15, 0.2) is 0 Å². The SMILES string of the molecule is Cc1cc(CN)cc(NC(=O)c2cccc(C(=O)N3CC[C@H](O)C3)c2)n1.O=C(O)C(F)(F)F. The number of benzene rings is 1. The summed E-state index contributed by atoms with van der Waals surface area (Å²) < 4.78 is 31.7. The lowest BCUT2D eigenvalue weighted by molar-refractivity contribution is -0.192. The zero-order valence-corrected chi connectivity index (χ0v) is 17.6. The summed E-state index contributed by atoms with van der Waals surface area (Å²) in [6.07, 6.45) is -4.98. The first kappa shape index (κ1) is 25.7. The zero-order valence-electron chi connectivity index (χ0n) is 17.6. The maximum atomic E-state index is 12.5. The number of nitrogens with two attached hydrogens (primary N) is 1. The van der Waals surface area contributed by atoms with Crippen molar-refractivity contribution in [3.05, 3.63) is 58.8 Å². The second kappa shape index (κ2) is 10.9. The number of nitrogens with one attached hydrogen (secondary N) is 1. The number of alkyl halides is 3. The summed E-state index contributed by atoms with van der Waals surface area (Å²) in [6, 6.07) is 10.1. The molecule has 12 heteroatoms. The number of hydrogen-bond acceptors (Lipinski definition) is 6. The van der Waals surface area contributed by atoms with Gasteiger partial charge in [-0.3, -0.25) is 9.59 Å². The van der Waals surface area contributed by atoms with E-state index in [9.17, 15) is 27.9 Å². The molecule has 178 valence electrons. The van der Waals surface area contributed by atoms with Crippen LogP contribution >= 0.6 is 0 Å². The van der Waals surface area contributed by atoms with Crippen molar-refractivity contribution in [1.82, 2.24) is 9.88 Å². The van der Waals surface area contributed by atoms with Crippen LogP contribution in [0.15, 0.2) is 36.4 Å². The van der Waals surface area contributed by atoms with Gasteiger partial charge in [-0.25, -0.2) is 9.78 Å². The molecule has 0 radical (unpaired) electrons. The Hall–Kier alpha value is -3.51. The first-order valence-corrected chi connectivity index (χ1v) is 9.77. The molecule has 2 aromatic rings. The Bertz CT molecular complexity index is 1030. The molecule has 1 atom stereocenters. The Labute approximate surface area is 187 Å². The Morgan fingerprint density at radius 3 is 2.39 bits per heavy atom. The Morgan fingerprint density at radius 2 is 1.85 bits per heavy atom. The van der Waals surface area contributed by atoms with E-state index in [1.165, 1.54) is 0 Å². The fraction of sp³-hybridized carbons (Fsp3) is 0.333. The van der Waals surface area contributed by atoms with E-state index in [4.69, 9.17) is 15.6 Å². The highest BCUT2D eigenvalue weighted by Crippen LogP contribution is 2.16. The number of aliphatic hydroxyl groups is 1. The lowest BCUT2D eigenvalue weighted by Gasteiger charge is -2.16. The second-order valence-corrected chi connectivity index (χ2v) is 7.24.